The van der Waals surface area contributed by atoms with Gasteiger partial charge < -0.3 is 5.32 Å². The van der Waals surface area contributed by atoms with Crippen LogP contribution in [0.4, 0.5) is 5.69 Å². The van der Waals surface area contributed by atoms with E-state index in [2.05, 4.69) is 15.4 Å². The zero-order chi connectivity index (χ0) is 19.5. The van der Waals surface area contributed by atoms with Crippen LogP contribution in [0.2, 0.25) is 5.02 Å². The number of nitrogens with zero attached hydrogens (tertiary/aromatic N) is 3. The summed E-state index contributed by atoms with van der Waals surface area (Å²) in [5.41, 5.74) is 3.44. The molecule has 0 aliphatic heterocycles. The van der Waals surface area contributed by atoms with Crippen LogP contribution in [0.1, 0.15) is 16.2 Å². The number of carbonyl (C=O) groups is 1. The van der Waals surface area contributed by atoms with Crippen molar-refractivity contribution >= 4 is 23.2 Å². The zero-order valence-electron chi connectivity index (χ0n) is 15.1. The van der Waals surface area contributed by atoms with Crippen molar-refractivity contribution in [2.75, 3.05) is 5.32 Å². The molecule has 0 aliphatic rings. The minimum atomic E-state index is -0.398. The number of amides is 1. The Labute approximate surface area is 167 Å². The SMILES string of the molecule is Cc1ccc(-c2nc(C(=O)Nc3cccc(Cl)c3)nn2-c2ccccc2)cc1. The maximum absolute atomic E-state index is 12.7. The lowest BCUT2D eigenvalue weighted by molar-refractivity contribution is 0.101. The number of rotatable bonds is 4. The van der Waals surface area contributed by atoms with Crippen LogP contribution in [0.15, 0.2) is 78.9 Å². The summed E-state index contributed by atoms with van der Waals surface area (Å²) in [4.78, 5) is 17.2. The van der Waals surface area contributed by atoms with E-state index in [-0.39, 0.29) is 5.82 Å². The Hall–Kier alpha value is -3.44. The summed E-state index contributed by atoms with van der Waals surface area (Å²) in [5, 5.41) is 7.79. The largest absolute Gasteiger partial charge is 0.319 e. The number of hydrogen-bond donors (Lipinski definition) is 1. The maximum atomic E-state index is 12.7. The van der Waals surface area contributed by atoms with Gasteiger partial charge in [0, 0.05) is 16.3 Å². The Morgan fingerprint density at radius 2 is 1.71 bits per heavy atom. The summed E-state index contributed by atoms with van der Waals surface area (Å²) in [7, 11) is 0. The van der Waals surface area contributed by atoms with Crippen molar-refractivity contribution in [3.63, 3.8) is 0 Å². The lowest BCUT2D eigenvalue weighted by Crippen LogP contribution is -2.14. The second-order valence-electron chi connectivity index (χ2n) is 6.34. The zero-order valence-corrected chi connectivity index (χ0v) is 15.9. The van der Waals surface area contributed by atoms with Gasteiger partial charge in [0.25, 0.3) is 5.91 Å². The number of carbonyl (C=O) groups excluding carboxylic acids is 1. The first-order chi connectivity index (χ1) is 13.6. The highest BCUT2D eigenvalue weighted by molar-refractivity contribution is 6.30. The monoisotopic (exact) mass is 388 g/mol. The average Bonchev–Trinajstić information content (AvgIpc) is 3.15. The number of benzene rings is 3. The first-order valence-corrected chi connectivity index (χ1v) is 9.14. The maximum Gasteiger partial charge on any atom is 0.295 e. The summed E-state index contributed by atoms with van der Waals surface area (Å²) >= 11 is 5.99. The number of nitrogens with one attached hydrogen (secondary N) is 1. The summed E-state index contributed by atoms with van der Waals surface area (Å²) in [6.45, 7) is 2.02. The number of aromatic nitrogens is 3. The number of para-hydroxylation sites is 1. The van der Waals surface area contributed by atoms with Crippen molar-refractivity contribution < 1.29 is 4.79 Å². The quantitative estimate of drug-likeness (QED) is 0.526. The van der Waals surface area contributed by atoms with Crippen LogP contribution in [-0.2, 0) is 0 Å². The number of anilines is 1. The van der Waals surface area contributed by atoms with Crippen molar-refractivity contribution in [3.05, 3.63) is 95.3 Å². The molecular formula is C22H17ClN4O. The van der Waals surface area contributed by atoms with Crippen LogP contribution in [0.3, 0.4) is 0 Å². The van der Waals surface area contributed by atoms with Gasteiger partial charge in [-0.25, -0.2) is 9.67 Å². The van der Waals surface area contributed by atoms with E-state index in [1.807, 2.05) is 61.5 Å². The molecule has 0 saturated carbocycles. The van der Waals surface area contributed by atoms with Gasteiger partial charge in [-0.1, -0.05) is 65.7 Å². The smallest absolute Gasteiger partial charge is 0.295 e. The Kier molecular flexibility index (Phi) is 4.91. The third-order valence-electron chi connectivity index (χ3n) is 4.20. The second kappa shape index (κ2) is 7.66. The first-order valence-electron chi connectivity index (χ1n) is 8.76. The molecule has 0 saturated heterocycles. The molecule has 0 bridgehead atoms. The lowest BCUT2D eigenvalue weighted by atomic mass is 10.1. The molecule has 0 radical (unpaired) electrons. The minimum absolute atomic E-state index is 0.0828. The fourth-order valence-corrected chi connectivity index (χ4v) is 2.99. The third kappa shape index (κ3) is 3.80. The molecule has 1 N–H and O–H groups in total. The number of hydrogen-bond acceptors (Lipinski definition) is 3. The Morgan fingerprint density at radius 3 is 2.43 bits per heavy atom. The van der Waals surface area contributed by atoms with Gasteiger partial charge in [0.05, 0.1) is 5.69 Å². The van der Waals surface area contributed by atoms with E-state index in [1.54, 1.807) is 28.9 Å². The highest BCUT2D eigenvalue weighted by atomic mass is 35.5. The van der Waals surface area contributed by atoms with Gasteiger partial charge in [0.15, 0.2) is 5.82 Å². The molecule has 4 rings (SSSR count). The van der Waals surface area contributed by atoms with E-state index in [0.717, 1.165) is 16.8 Å². The molecular weight excluding hydrogens is 372 g/mol. The molecule has 138 valence electrons. The van der Waals surface area contributed by atoms with Crippen LogP contribution < -0.4 is 5.32 Å². The van der Waals surface area contributed by atoms with Crippen LogP contribution >= 0.6 is 11.6 Å². The molecule has 5 nitrogen and oxygen atoms in total. The summed E-state index contributed by atoms with van der Waals surface area (Å²) in [6, 6.07) is 24.5. The summed E-state index contributed by atoms with van der Waals surface area (Å²) < 4.78 is 1.68. The van der Waals surface area contributed by atoms with Crippen LogP contribution in [0.25, 0.3) is 17.1 Å². The van der Waals surface area contributed by atoms with Gasteiger partial charge in [-0.2, -0.15) is 0 Å². The summed E-state index contributed by atoms with van der Waals surface area (Å²) in [5.74, 6) is 0.284. The van der Waals surface area contributed by atoms with E-state index in [1.165, 1.54) is 0 Å². The van der Waals surface area contributed by atoms with Gasteiger partial charge >= 0.3 is 0 Å². The van der Waals surface area contributed by atoms with Crippen LogP contribution in [0.5, 0.6) is 0 Å². The molecule has 0 unspecified atom stereocenters. The van der Waals surface area contributed by atoms with Crippen molar-refractivity contribution in [2.45, 2.75) is 6.92 Å². The number of halogens is 1. The molecule has 0 atom stereocenters. The van der Waals surface area contributed by atoms with Crippen molar-refractivity contribution in [1.82, 2.24) is 14.8 Å². The van der Waals surface area contributed by atoms with Gasteiger partial charge in [-0.15, -0.1) is 5.10 Å². The van der Waals surface area contributed by atoms with E-state index in [9.17, 15) is 4.79 Å². The van der Waals surface area contributed by atoms with E-state index in [0.29, 0.717) is 16.5 Å². The topological polar surface area (TPSA) is 59.8 Å². The van der Waals surface area contributed by atoms with Gasteiger partial charge in [0.1, 0.15) is 0 Å². The first kappa shape index (κ1) is 17.9. The molecule has 4 aromatic rings. The van der Waals surface area contributed by atoms with Crippen LogP contribution in [0, 0.1) is 6.92 Å². The van der Waals surface area contributed by atoms with Gasteiger partial charge in [0.2, 0.25) is 5.82 Å². The molecule has 6 heteroatoms. The van der Waals surface area contributed by atoms with Crippen molar-refractivity contribution in [1.29, 1.82) is 0 Å². The van der Waals surface area contributed by atoms with E-state index in [4.69, 9.17) is 11.6 Å². The predicted octanol–water partition coefficient (Wildman–Crippen LogP) is 5.15. The average molecular weight is 389 g/mol. The fraction of sp³-hybridized carbons (Fsp3) is 0.0455. The van der Waals surface area contributed by atoms with Crippen molar-refractivity contribution in [2.24, 2.45) is 0 Å². The lowest BCUT2D eigenvalue weighted by Gasteiger charge is -2.05. The molecule has 0 spiro atoms. The molecule has 3 aromatic carbocycles. The Morgan fingerprint density at radius 1 is 0.964 bits per heavy atom. The highest BCUT2D eigenvalue weighted by Crippen LogP contribution is 2.22. The van der Waals surface area contributed by atoms with E-state index >= 15 is 0 Å². The standard InChI is InChI=1S/C22H17ClN4O/c1-15-10-12-16(13-11-15)21-25-20(26-27(21)19-8-3-2-4-9-19)22(28)24-18-7-5-6-17(23)14-18/h2-14H,1H3,(H,24,28). The molecule has 0 aliphatic carbocycles. The molecule has 1 aromatic heterocycles. The van der Waals surface area contributed by atoms with Gasteiger partial charge in [-0.05, 0) is 37.3 Å². The highest BCUT2D eigenvalue weighted by Gasteiger charge is 2.19. The van der Waals surface area contributed by atoms with Crippen LogP contribution in [-0.4, -0.2) is 20.7 Å². The minimum Gasteiger partial charge on any atom is -0.319 e. The third-order valence-corrected chi connectivity index (χ3v) is 4.44. The molecule has 28 heavy (non-hydrogen) atoms. The normalized spacial score (nSPS) is 10.6. The fourth-order valence-electron chi connectivity index (χ4n) is 2.80. The van der Waals surface area contributed by atoms with Gasteiger partial charge in [-0.3, -0.25) is 4.79 Å². The Balaban J connectivity index is 1.74. The predicted molar refractivity (Wildman–Crippen MR) is 111 cm³/mol. The summed E-state index contributed by atoms with van der Waals surface area (Å²) in [6.07, 6.45) is 0. The molecule has 1 heterocycles. The Bertz CT molecular complexity index is 1120. The molecule has 1 amide bonds. The molecule has 0 fully saturated rings. The second-order valence-corrected chi connectivity index (χ2v) is 6.77. The number of aryl methyl sites for hydroxylation is 1. The van der Waals surface area contributed by atoms with Crippen molar-refractivity contribution in [3.8, 4) is 17.1 Å². The van der Waals surface area contributed by atoms with E-state index < -0.39 is 5.91 Å².